The molecule has 4 rings (SSSR count). The molecule has 25 heavy (non-hydrogen) atoms. The van der Waals surface area contributed by atoms with Crippen LogP contribution in [0, 0.1) is 0 Å². The van der Waals surface area contributed by atoms with E-state index in [-0.39, 0.29) is 15.3 Å². The van der Waals surface area contributed by atoms with E-state index in [0.717, 1.165) is 31.4 Å². The fourth-order valence-corrected chi connectivity index (χ4v) is 4.18. The van der Waals surface area contributed by atoms with Crippen LogP contribution in [-0.4, -0.2) is 24.1 Å². The van der Waals surface area contributed by atoms with Gasteiger partial charge in [-0.2, -0.15) is 0 Å². The smallest absolute Gasteiger partial charge is 0.125 e. The molecule has 0 aromatic heterocycles. The monoisotopic (exact) mass is 404 g/mol. The van der Waals surface area contributed by atoms with Gasteiger partial charge in [-0.05, 0) is 47.8 Å². The number of methoxy groups -OCH3 is 2. The highest BCUT2D eigenvalue weighted by molar-refractivity contribution is 9.10. The first kappa shape index (κ1) is 18.7. The van der Waals surface area contributed by atoms with Gasteiger partial charge >= 0.3 is 0 Å². The zero-order valence-electron chi connectivity index (χ0n) is 16.0. The fraction of sp³-hybridized carbons (Fsp3) is 0.545. The quantitative estimate of drug-likeness (QED) is 0.477. The van der Waals surface area contributed by atoms with Crippen molar-refractivity contribution in [3.8, 4) is 5.75 Å². The van der Waals surface area contributed by atoms with E-state index in [1.807, 2.05) is 0 Å². The van der Waals surface area contributed by atoms with Crippen LogP contribution in [0.25, 0.3) is 0 Å². The zero-order chi connectivity index (χ0) is 18.3. The summed E-state index contributed by atoms with van der Waals surface area (Å²) in [5, 5.41) is 0. The van der Waals surface area contributed by atoms with E-state index in [4.69, 9.17) is 9.47 Å². The van der Waals surface area contributed by atoms with E-state index in [9.17, 15) is 0 Å². The number of hydrogen-bond acceptors (Lipinski definition) is 2. The van der Waals surface area contributed by atoms with Crippen molar-refractivity contribution in [2.24, 2.45) is 0 Å². The lowest BCUT2D eigenvalue weighted by molar-refractivity contribution is 0.0650. The summed E-state index contributed by atoms with van der Waals surface area (Å²) in [5.74, 6) is 1.05. The number of ether oxygens (including phenoxy) is 2. The predicted octanol–water partition coefficient (Wildman–Crippen LogP) is 5.52. The highest BCUT2D eigenvalue weighted by Crippen LogP contribution is 2.41. The number of hydrogen-bond donors (Lipinski definition) is 0. The predicted molar refractivity (Wildman–Crippen MR) is 108 cm³/mol. The van der Waals surface area contributed by atoms with Crippen molar-refractivity contribution >= 4 is 15.9 Å². The summed E-state index contributed by atoms with van der Waals surface area (Å²) in [6.07, 6.45) is 12.7. The standard InChI is InChI=1S/C22H29BrO2/c1-20(2,3)18-14-16-6-8-21(23)10-12-22(25-5,13-11-21)9-7-17(15-18)19(16)24-4/h10-15H,6-9H2,1-5H3. The van der Waals surface area contributed by atoms with Crippen molar-refractivity contribution in [1.82, 2.24) is 0 Å². The molecule has 0 radical (unpaired) electrons. The van der Waals surface area contributed by atoms with E-state index in [2.05, 4.69) is 73.1 Å². The van der Waals surface area contributed by atoms with Gasteiger partial charge in [0.05, 0.1) is 11.4 Å². The molecule has 0 spiro atoms. The van der Waals surface area contributed by atoms with Gasteiger partial charge in [-0.25, -0.2) is 0 Å². The van der Waals surface area contributed by atoms with Gasteiger partial charge in [0.25, 0.3) is 0 Å². The molecule has 0 fully saturated rings. The molecule has 1 aromatic carbocycles. The van der Waals surface area contributed by atoms with Crippen molar-refractivity contribution in [3.63, 3.8) is 0 Å². The molecule has 0 N–H and O–H groups in total. The third-order valence-electron chi connectivity index (χ3n) is 5.54. The van der Waals surface area contributed by atoms with Crippen LogP contribution in [0.1, 0.15) is 50.3 Å². The summed E-state index contributed by atoms with van der Waals surface area (Å²) in [6.45, 7) is 6.82. The van der Waals surface area contributed by atoms with Crippen LogP contribution in [0.2, 0.25) is 0 Å². The first-order chi connectivity index (χ1) is 11.7. The SMILES string of the molecule is COc1c2cc(C(C)(C)C)cc1CCC1(OC)C=CC(Br)(C=C1)CC2. The molecule has 136 valence electrons. The molecule has 0 aliphatic heterocycles. The molecule has 4 bridgehead atoms. The van der Waals surface area contributed by atoms with Crippen LogP contribution in [0.3, 0.4) is 0 Å². The van der Waals surface area contributed by atoms with Crippen LogP contribution in [0.15, 0.2) is 36.4 Å². The molecule has 2 nitrogen and oxygen atoms in total. The molecular formula is C22H29BrO2. The Morgan fingerprint density at radius 2 is 1.48 bits per heavy atom. The second-order valence-corrected chi connectivity index (χ2v) is 9.81. The molecule has 3 aliphatic carbocycles. The first-order valence-corrected chi connectivity index (χ1v) is 9.85. The Hall–Kier alpha value is -1.06. The van der Waals surface area contributed by atoms with Crippen LogP contribution in [-0.2, 0) is 23.0 Å². The molecule has 0 saturated carbocycles. The average molecular weight is 405 g/mol. The van der Waals surface area contributed by atoms with Crippen molar-refractivity contribution in [2.75, 3.05) is 14.2 Å². The van der Waals surface area contributed by atoms with Crippen LogP contribution in [0.4, 0.5) is 0 Å². The van der Waals surface area contributed by atoms with Crippen molar-refractivity contribution in [3.05, 3.63) is 53.1 Å². The van der Waals surface area contributed by atoms with Gasteiger partial charge in [0.1, 0.15) is 11.4 Å². The molecule has 0 saturated heterocycles. The van der Waals surface area contributed by atoms with Gasteiger partial charge in [0.15, 0.2) is 0 Å². The van der Waals surface area contributed by atoms with Gasteiger partial charge in [0, 0.05) is 7.11 Å². The van der Waals surface area contributed by atoms with Crippen molar-refractivity contribution in [1.29, 1.82) is 0 Å². The highest BCUT2D eigenvalue weighted by Gasteiger charge is 2.34. The second kappa shape index (κ2) is 6.59. The van der Waals surface area contributed by atoms with E-state index in [0.29, 0.717) is 0 Å². The molecule has 1 aromatic rings. The molecule has 0 amide bonds. The minimum atomic E-state index is -0.329. The molecule has 3 heteroatoms. The molecule has 3 aliphatic rings. The Labute approximate surface area is 160 Å². The largest absolute Gasteiger partial charge is 0.496 e. The van der Waals surface area contributed by atoms with E-state index in [1.165, 1.54) is 16.7 Å². The summed E-state index contributed by atoms with van der Waals surface area (Å²) in [7, 11) is 3.59. The van der Waals surface area contributed by atoms with Crippen LogP contribution < -0.4 is 4.74 Å². The summed E-state index contributed by atoms with van der Waals surface area (Å²) >= 11 is 3.91. The third-order valence-corrected chi connectivity index (χ3v) is 6.47. The Morgan fingerprint density at radius 3 is 1.96 bits per heavy atom. The molecule has 0 heterocycles. The highest BCUT2D eigenvalue weighted by atomic mass is 79.9. The maximum atomic E-state index is 5.89. The number of aryl methyl sites for hydroxylation is 2. The Kier molecular flexibility index (Phi) is 4.93. The number of halogens is 1. The van der Waals surface area contributed by atoms with E-state index < -0.39 is 0 Å². The number of fused-ring (bicyclic) bond motifs is 2. The van der Waals surface area contributed by atoms with Gasteiger partial charge in [-0.3, -0.25) is 0 Å². The molecule has 0 unspecified atom stereocenters. The Balaban J connectivity index is 2.12. The fourth-order valence-electron chi connectivity index (χ4n) is 3.72. The summed E-state index contributed by atoms with van der Waals surface area (Å²) in [6, 6.07) is 4.66. The topological polar surface area (TPSA) is 18.5 Å². The number of benzene rings is 1. The van der Waals surface area contributed by atoms with Crippen molar-refractivity contribution in [2.45, 2.75) is 61.8 Å². The number of rotatable bonds is 2. The zero-order valence-corrected chi connectivity index (χ0v) is 17.6. The first-order valence-electron chi connectivity index (χ1n) is 9.05. The maximum Gasteiger partial charge on any atom is 0.125 e. The maximum absolute atomic E-state index is 5.89. The summed E-state index contributed by atoms with van der Waals surface area (Å²) in [4.78, 5) is 0. The second-order valence-electron chi connectivity index (χ2n) is 8.33. The average Bonchev–Trinajstić information content (AvgIpc) is 2.60. The van der Waals surface area contributed by atoms with E-state index in [1.54, 1.807) is 14.2 Å². The molecular weight excluding hydrogens is 376 g/mol. The minimum Gasteiger partial charge on any atom is -0.496 e. The summed E-state index contributed by atoms with van der Waals surface area (Å²) in [5.41, 5.74) is 3.77. The number of allylic oxidation sites excluding steroid dienone is 2. The Morgan fingerprint density at radius 1 is 0.920 bits per heavy atom. The lowest BCUT2D eigenvalue weighted by Crippen LogP contribution is -2.32. The Bertz CT molecular complexity index is 695. The lowest BCUT2D eigenvalue weighted by atomic mass is 9.83. The lowest BCUT2D eigenvalue weighted by Gasteiger charge is -2.33. The molecule has 0 atom stereocenters. The minimum absolute atomic E-state index is 0.109. The van der Waals surface area contributed by atoms with Gasteiger partial charge in [-0.15, -0.1) is 0 Å². The van der Waals surface area contributed by atoms with Gasteiger partial charge in [0.2, 0.25) is 0 Å². The third kappa shape index (κ3) is 3.73. The van der Waals surface area contributed by atoms with Crippen molar-refractivity contribution < 1.29 is 9.47 Å². The van der Waals surface area contributed by atoms with Gasteiger partial charge in [-0.1, -0.05) is 73.1 Å². The normalized spacial score (nSPS) is 28.7. The van der Waals surface area contributed by atoms with Crippen LogP contribution in [0.5, 0.6) is 5.75 Å². The van der Waals surface area contributed by atoms with E-state index >= 15 is 0 Å². The van der Waals surface area contributed by atoms with Crippen LogP contribution >= 0.6 is 15.9 Å². The van der Waals surface area contributed by atoms with Gasteiger partial charge < -0.3 is 9.47 Å². The summed E-state index contributed by atoms with van der Waals surface area (Å²) < 4.78 is 11.6. The number of alkyl halides is 1.